The lowest BCUT2D eigenvalue weighted by Gasteiger charge is -2.35. The lowest BCUT2D eigenvalue weighted by atomic mass is 9.90. The summed E-state index contributed by atoms with van der Waals surface area (Å²) < 4.78 is 0. The van der Waals surface area contributed by atoms with Crippen LogP contribution in [0, 0.1) is 5.92 Å². The normalized spacial score (nSPS) is 22.3. The summed E-state index contributed by atoms with van der Waals surface area (Å²) >= 11 is 0. The van der Waals surface area contributed by atoms with Gasteiger partial charge in [0.15, 0.2) is 0 Å². The smallest absolute Gasteiger partial charge is 0.315 e. The fraction of sp³-hybridized carbons (Fsp3) is 0.588. The van der Waals surface area contributed by atoms with Gasteiger partial charge in [-0.05, 0) is 49.7 Å². The first-order valence-corrected chi connectivity index (χ1v) is 8.39. The molecule has 2 fully saturated rings. The van der Waals surface area contributed by atoms with Gasteiger partial charge in [0.05, 0.1) is 0 Å². The molecule has 2 aliphatic heterocycles. The largest absolute Gasteiger partial charge is 0.351 e. The van der Waals surface area contributed by atoms with Crippen LogP contribution in [0.1, 0.15) is 31.2 Å². The number of amides is 3. The number of rotatable bonds is 3. The van der Waals surface area contributed by atoms with E-state index < -0.39 is 6.03 Å². The van der Waals surface area contributed by atoms with E-state index in [1.54, 1.807) is 6.20 Å². The topological polar surface area (TPSA) is 79.5 Å². The molecule has 6 nitrogen and oxygen atoms in total. The fourth-order valence-corrected chi connectivity index (χ4v) is 3.71. The number of aromatic nitrogens is 1. The van der Waals surface area contributed by atoms with Crippen LogP contribution in [0.4, 0.5) is 4.79 Å². The van der Waals surface area contributed by atoms with Crippen molar-refractivity contribution in [3.8, 4) is 0 Å². The van der Waals surface area contributed by atoms with Crippen molar-refractivity contribution < 1.29 is 9.59 Å². The Labute approximate surface area is 136 Å². The van der Waals surface area contributed by atoms with Crippen LogP contribution in [0.25, 0.3) is 0 Å². The monoisotopic (exact) mass is 316 g/mol. The molecule has 124 valence electrons. The second-order valence-corrected chi connectivity index (χ2v) is 6.52. The van der Waals surface area contributed by atoms with Crippen LogP contribution < -0.4 is 5.73 Å². The first-order chi connectivity index (χ1) is 11.1. The van der Waals surface area contributed by atoms with E-state index in [0.717, 1.165) is 45.2 Å². The van der Waals surface area contributed by atoms with Crippen molar-refractivity contribution in [1.82, 2.24) is 14.8 Å². The van der Waals surface area contributed by atoms with Crippen LogP contribution in [-0.2, 0) is 11.2 Å². The molecule has 3 amide bonds. The average molecular weight is 316 g/mol. The molecule has 23 heavy (non-hydrogen) atoms. The standard InChI is InChI=1S/C17H24N4O2/c18-17(23)21-8-2-4-15(21)16(22)20-9-5-13(6-10-20)11-14-3-1-7-19-12-14/h1,3,7,12-13,15H,2,4-6,8-11H2,(H2,18,23)/t15-/m0/s1. The fourth-order valence-electron chi connectivity index (χ4n) is 3.71. The molecule has 3 rings (SSSR count). The van der Waals surface area contributed by atoms with E-state index >= 15 is 0 Å². The Hall–Kier alpha value is -2.11. The Morgan fingerprint density at radius 1 is 1.22 bits per heavy atom. The quantitative estimate of drug-likeness (QED) is 0.915. The first-order valence-electron chi connectivity index (χ1n) is 8.39. The highest BCUT2D eigenvalue weighted by Crippen LogP contribution is 2.25. The molecule has 2 N–H and O–H groups in total. The molecule has 0 aromatic carbocycles. The van der Waals surface area contributed by atoms with Crippen molar-refractivity contribution in [3.63, 3.8) is 0 Å². The molecule has 0 unspecified atom stereocenters. The summed E-state index contributed by atoms with van der Waals surface area (Å²) in [5.74, 6) is 0.667. The summed E-state index contributed by atoms with van der Waals surface area (Å²) in [5, 5.41) is 0. The number of hydrogen-bond acceptors (Lipinski definition) is 3. The molecule has 3 heterocycles. The molecule has 2 aliphatic rings. The number of likely N-dealkylation sites (tertiary alicyclic amines) is 2. The van der Waals surface area contributed by atoms with Gasteiger partial charge in [0, 0.05) is 32.0 Å². The van der Waals surface area contributed by atoms with Crippen molar-refractivity contribution in [2.75, 3.05) is 19.6 Å². The molecule has 0 spiro atoms. The predicted molar refractivity (Wildman–Crippen MR) is 86.6 cm³/mol. The van der Waals surface area contributed by atoms with Gasteiger partial charge in [-0.1, -0.05) is 6.07 Å². The van der Waals surface area contributed by atoms with E-state index in [1.807, 2.05) is 17.2 Å². The van der Waals surface area contributed by atoms with Crippen molar-refractivity contribution >= 4 is 11.9 Å². The Bertz CT molecular complexity index is 555. The molecule has 0 saturated carbocycles. The molecule has 6 heteroatoms. The van der Waals surface area contributed by atoms with E-state index in [2.05, 4.69) is 11.1 Å². The maximum atomic E-state index is 12.6. The number of hydrogen-bond donors (Lipinski definition) is 1. The van der Waals surface area contributed by atoms with Gasteiger partial charge < -0.3 is 15.5 Å². The Kier molecular flexibility index (Phi) is 4.79. The number of nitrogens with zero attached hydrogens (tertiary/aromatic N) is 3. The van der Waals surface area contributed by atoms with Crippen molar-refractivity contribution in [2.45, 2.75) is 38.1 Å². The number of carbonyl (C=O) groups is 2. The van der Waals surface area contributed by atoms with Crippen LogP contribution >= 0.6 is 0 Å². The van der Waals surface area contributed by atoms with E-state index in [-0.39, 0.29) is 11.9 Å². The number of primary amides is 1. The molecule has 1 aromatic heterocycles. The SMILES string of the molecule is NC(=O)N1CCC[C@H]1C(=O)N1CCC(Cc2cccnc2)CC1. The lowest BCUT2D eigenvalue weighted by molar-refractivity contribution is -0.136. The van der Waals surface area contributed by atoms with Crippen LogP contribution in [0.5, 0.6) is 0 Å². The third-order valence-corrected chi connectivity index (χ3v) is 4.99. The Balaban J connectivity index is 1.52. The average Bonchev–Trinajstić information content (AvgIpc) is 3.06. The molecule has 2 saturated heterocycles. The van der Waals surface area contributed by atoms with E-state index in [0.29, 0.717) is 12.5 Å². The minimum Gasteiger partial charge on any atom is -0.351 e. The lowest BCUT2D eigenvalue weighted by Crippen LogP contribution is -2.51. The number of carbonyl (C=O) groups excluding carboxylic acids is 2. The summed E-state index contributed by atoms with van der Waals surface area (Å²) in [6, 6.07) is 3.25. The summed E-state index contributed by atoms with van der Waals surface area (Å²) in [5.41, 5.74) is 6.63. The molecular weight excluding hydrogens is 292 g/mol. The molecule has 0 radical (unpaired) electrons. The Morgan fingerprint density at radius 2 is 2.00 bits per heavy atom. The molecule has 0 bridgehead atoms. The summed E-state index contributed by atoms with van der Waals surface area (Å²) in [4.78, 5) is 31.7. The zero-order chi connectivity index (χ0) is 16.2. The number of nitrogens with two attached hydrogens (primary N) is 1. The molecular formula is C17H24N4O2. The second-order valence-electron chi connectivity index (χ2n) is 6.52. The highest BCUT2D eigenvalue weighted by Gasteiger charge is 2.36. The third-order valence-electron chi connectivity index (χ3n) is 4.99. The Morgan fingerprint density at radius 3 is 2.65 bits per heavy atom. The van der Waals surface area contributed by atoms with Crippen LogP contribution in [0.3, 0.4) is 0 Å². The minimum atomic E-state index is -0.479. The zero-order valence-corrected chi connectivity index (χ0v) is 13.4. The number of urea groups is 1. The van der Waals surface area contributed by atoms with Gasteiger partial charge in [-0.3, -0.25) is 9.78 Å². The van der Waals surface area contributed by atoms with Gasteiger partial charge in [0.1, 0.15) is 6.04 Å². The van der Waals surface area contributed by atoms with Gasteiger partial charge in [-0.25, -0.2) is 4.79 Å². The minimum absolute atomic E-state index is 0.0705. The second kappa shape index (κ2) is 6.98. The van der Waals surface area contributed by atoms with E-state index in [1.165, 1.54) is 10.5 Å². The van der Waals surface area contributed by atoms with Crippen molar-refractivity contribution in [1.29, 1.82) is 0 Å². The van der Waals surface area contributed by atoms with Crippen LogP contribution in [-0.4, -0.2) is 52.4 Å². The van der Waals surface area contributed by atoms with E-state index in [4.69, 9.17) is 5.73 Å². The van der Waals surface area contributed by atoms with Gasteiger partial charge in [0.2, 0.25) is 5.91 Å². The maximum absolute atomic E-state index is 12.6. The van der Waals surface area contributed by atoms with Crippen LogP contribution in [0.2, 0.25) is 0 Å². The summed E-state index contributed by atoms with van der Waals surface area (Å²) in [7, 11) is 0. The highest BCUT2D eigenvalue weighted by molar-refractivity contribution is 5.87. The first kappa shape index (κ1) is 15.8. The number of pyridine rings is 1. The molecule has 0 aliphatic carbocycles. The van der Waals surface area contributed by atoms with Crippen molar-refractivity contribution in [3.05, 3.63) is 30.1 Å². The molecule has 1 atom stereocenters. The number of piperidine rings is 1. The zero-order valence-electron chi connectivity index (χ0n) is 13.4. The predicted octanol–water partition coefficient (Wildman–Crippen LogP) is 1.41. The van der Waals surface area contributed by atoms with Gasteiger partial charge in [-0.15, -0.1) is 0 Å². The van der Waals surface area contributed by atoms with Gasteiger partial charge in [-0.2, -0.15) is 0 Å². The maximum Gasteiger partial charge on any atom is 0.315 e. The molecule has 1 aromatic rings. The van der Waals surface area contributed by atoms with Gasteiger partial charge in [0.25, 0.3) is 0 Å². The van der Waals surface area contributed by atoms with Crippen LogP contribution in [0.15, 0.2) is 24.5 Å². The van der Waals surface area contributed by atoms with Crippen molar-refractivity contribution in [2.24, 2.45) is 11.7 Å². The van der Waals surface area contributed by atoms with E-state index in [9.17, 15) is 9.59 Å². The summed E-state index contributed by atoms with van der Waals surface area (Å²) in [6.07, 6.45) is 8.33. The summed E-state index contributed by atoms with van der Waals surface area (Å²) in [6.45, 7) is 2.14. The highest BCUT2D eigenvalue weighted by atomic mass is 16.2. The van der Waals surface area contributed by atoms with Gasteiger partial charge >= 0.3 is 6.03 Å². The third kappa shape index (κ3) is 3.63.